The highest BCUT2D eigenvalue weighted by Crippen LogP contribution is 2.16. The van der Waals surface area contributed by atoms with Crippen LogP contribution in [0.25, 0.3) is 0 Å². The van der Waals surface area contributed by atoms with E-state index in [4.69, 9.17) is 9.47 Å². The fraction of sp³-hybridized carbons (Fsp3) is 0.381. The zero-order chi connectivity index (χ0) is 20.6. The Labute approximate surface area is 166 Å². The predicted molar refractivity (Wildman–Crippen MR) is 108 cm³/mol. The molecule has 0 spiro atoms. The van der Waals surface area contributed by atoms with Crippen LogP contribution >= 0.6 is 0 Å². The molecule has 0 aliphatic carbocycles. The number of rotatable bonds is 10. The normalized spacial score (nSPS) is 11.4. The van der Waals surface area contributed by atoms with Crippen LogP contribution < -0.4 is 9.46 Å². The first-order valence-corrected chi connectivity index (χ1v) is 10.8. The summed E-state index contributed by atoms with van der Waals surface area (Å²) in [6.45, 7) is 6.73. The van der Waals surface area contributed by atoms with Crippen LogP contribution in [0, 0.1) is 0 Å². The number of carbonyl (C=O) groups excluding carboxylic acids is 1. The van der Waals surface area contributed by atoms with Crippen LogP contribution in [0.1, 0.15) is 44.2 Å². The summed E-state index contributed by atoms with van der Waals surface area (Å²) in [5.41, 5.74) is 2.12. The van der Waals surface area contributed by atoms with Gasteiger partial charge >= 0.3 is 5.97 Å². The van der Waals surface area contributed by atoms with Crippen LogP contribution in [0.3, 0.4) is 0 Å². The molecular weight excluding hydrogens is 378 g/mol. The van der Waals surface area contributed by atoms with E-state index in [2.05, 4.69) is 18.6 Å². The highest BCUT2D eigenvalue weighted by atomic mass is 32.2. The topological polar surface area (TPSA) is 81.7 Å². The van der Waals surface area contributed by atoms with Gasteiger partial charge in [0.2, 0.25) is 10.0 Å². The number of hydrogen-bond acceptors (Lipinski definition) is 5. The summed E-state index contributed by atoms with van der Waals surface area (Å²) in [5.74, 6) is 0.591. The fourth-order valence-electron chi connectivity index (χ4n) is 2.49. The van der Waals surface area contributed by atoms with Gasteiger partial charge < -0.3 is 9.47 Å². The van der Waals surface area contributed by atoms with Crippen molar-refractivity contribution in [1.82, 2.24) is 4.72 Å². The lowest BCUT2D eigenvalue weighted by molar-refractivity contribution is -0.144. The van der Waals surface area contributed by atoms with Gasteiger partial charge in [-0.15, -0.1) is 0 Å². The van der Waals surface area contributed by atoms with Gasteiger partial charge in [0.25, 0.3) is 0 Å². The second kappa shape index (κ2) is 10.2. The van der Waals surface area contributed by atoms with Gasteiger partial charge in [-0.2, -0.15) is 0 Å². The molecule has 28 heavy (non-hydrogen) atoms. The largest absolute Gasteiger partial charge is 0.494 e. The molecule has 0 aliphatic heterocycles. The molecule has 0 bridgehead atoms. The van der Waals surface area contributed by atoms with Gasteiger partial charge in [-0.05, 0) is 48.2 Å². The standard InChI is InChI=1S/C21H27NO5S/c1-4-26-19-9-11-20(12-10-19)28(24,25)22-14-13-21(23)27-15-17-5-7-18(8-6-17)16(2)3/h5-12,16,22H,4,13-15H2,1-3H3. The van der Waals surface area contributed by atoms with E-state index in [0.29, 0.717) is 18.3 Å². The second-order valence-electron chi connectivity index (χ2n) is 6.61. The number of esters is 1. The molecule has 0 radical (unpaired) electrons. The number of benzene rings is 2. The third-order valence-electron chi connectivity index (χ3n) is 4.11. The first-order valence-electron chi connectivity index (χ1n) is 9.29. The number of ether oxygens (including phenoxy) is 2. The maximum absolute atomic E-state index is 12.2. The summed E-state index contributed by atoms with van der Waals surface area (Å²) >= 11 is 0. The zero-order valence-electron chi connectivity index (χ0n) is 16.5. The van der Waals surface area contributed by atoms with Crippen LogP contribution in [0.5, 0.6) is 5.75 Å². The molecule has 0 saturated carbocycles. The molecule has 2 rings (SSSR count). The third-order valence-corrected chi connectivity index (χ3v) is 5.59. The molecule has 152 valence electrons. The summed E-state index contributed by atoms with van der Waals surface area (Å²) in [7, 11) is -3.68. The van der Waals surface area contributed by atoms with Crippen molar-refractivity contribution in [2.45, 2.75) is 44.6 Å². The maximum Gasteiger partial charge on any atom is 0.307 e. The predicted octanol–water partition coefficient (Wildman–Crippen LogP) is 3.62. The Hall–Kier alpha value is -2.38. The van der Waals surface area contributed by atoms with Crippen molar-refractivity contribution in [1.29, 1.82) is 0 Å². The smallest absolute Gasteiger partial charge is 0.307 e. The SMILES string of the molecule is CCOc1ccc(S(=O)(=O)NCCC(=O)OCc2ccc(C(C)C)cc2)cc1. The van der Waals surface area contributed by atoms with E-state index in [1.54, 1.807) is 12.1 Å². The van der Waals surface area contributed by atoms with Crippen LogP contribution in [0.2, 0.25) is 0 Å². The minimum absolute atomic E-state index is 0.0271. The van der Waals surface area contributed by atoms with Crippen LogP contribution in [-0.4, -0.2) is 27.5 Å². The van der Waals surface area contributed by atoms with E-state index >= 15 is 0 Å². The summed E-state index contributed by atoms with van der Waals surface area (Å²) in [6.07, 6.45) is -0.0413. The molecule has 6 nitrogen and oxygen atoms in total. The Morgan fingerprint density at radius 3 is 2.25 bits per heavy atom. The minimum Gasteiger partial charge on any atom is -0.494 e. The highest BCUT2D eigenvalue weighted by Gasteiger charge is 2.14. The number of sulfonamides is 1. The number of carbonyl (C=O) groups is 1. The summed E-state index contributed by atoms with van der Waals surface area (Å²) < 4.78 is 37.4. The van der Waals surface area contributed by atoms with Gasteiger partial charge in [-0.1, -0.05) is 38.1 Å². The van der Waals surface area contributed by atoms with E-state index in [9.17, 15) is 13.2 Å². The molecule has 0 amide bonds. The summed E-state index contributed by atoms with van der Waals surface area (Å²) in [4.78, 5) is 12.0. The van der Waals surface area contributed by atoms with Crippen LogP contribution in [0.15, 0.2) is 53.4 Å². The summed E-state index contributed by atoms with van der Waals surface area (Å²) in [5, 5.41) is 0. The lowest BCUT2D eigenvalue weighted by Crippen LogP contribution is -2.26. The Bertz CT molecular complexity index is 859. The van der Waals surface area contributed by atoms with E-state index < -0.39 is 16.0 Å². The Morgan fingerprint density at radius 2 is 1.68 bits per heavy atom. The Balaban J connectivity index is 1.77. The lowest BCUT2D eigenvalue weighted by Gasteiger charge is -2.09. The quantitative estimate of drug-likeness (QED) is 0.611. The van der Waals surface area contributed by atoms with E-state index in [-0.39, 0.29) is 24.5 Å². The fourth-order valence-corrected chi connectivity index (χ4v) is 3.52. The molecule has 0 aromatic heterocycles. The van der Waals surface area contributed by atoms with Crippen molar-refractivity contribution in [3.63, 3.8) is 0 Å². The van der Waals surface area contributed by atoms with Crippen molar-refractivity contribution in [2.24, 2.45) is 0 Å². The van der Waals surface area contributed by atoms with Crippen molar-refractivity contribution in [3.05, 3.63) is 59.7 Å². The minimum atomic E-state index is -3.68. The summed E-state index contributed by atoms with van der Waals surface area (Å²) in [6, 6.07) is 14.0. The molecule has 7 heteroatoms. The molecule has 0 heterocycles. The van der Waals surface area contributed by atoms with Gasteiger partial charge in [0.1, 0.15) is 12.4 Å². The van der Waals surface area contributed by atoms with Crippen molar-refractivity contribution in [2.75, 3.05) is 13.2 Å². The van der Waals surface area contributed by atoms with Gasteiger partial charge in [-0.25, -0.2) is 13.1 Å². The zero-order valence-corrected chi connectivity index (χ0v) is 17.3. The molecule has 0 fully saturated rings. The highest BCUT2D eigenvalue weighted by molar-refractivity contribution is 7.89. The van der Waals surface area contributed by atoms with Crippen molar-refractivity contribution in [3.8, 4) is 5.75 Å². The van der Waals surface area contributed by atoms with Gasteiger partial charge in [0.05, 0.1) is 17.9 Å². The number of hydrogen-bond donors (Lipinski definition) is 1. The third kappa shape index (κ3) is 6.65. The van der Waals surface area contributed by atoms with Crippen LogP contribution in [0.4, 0.5) is 0 Å². The first-order chi connectivity index (χ1) is 13.3. The van der Waals surface area contributed by atoms with Gasteiger partial charge in [0, 0.05) is 6.54 Å². The first kappa shape index (κ1) is 21.9. The van der Waals surface area contributed by atoms with E-state index in [1.807, 2.05) is 31.2 Å². The second-order valence-corrected chi connectivity index (χ2v) is 8.38. The van der Waals surface area contributed by atoms with E-state index in [1.165, 1.54) is 17.7 Å². The monoisotopic (exact) mass is 405 g/mol. The van der Waals surface area contributed by atoms with E-state index in [0.717, 1.165) is 5.56 Å². The maximum atomic E-state index is 12.2. The molecule has 2 aromatic rings. The average molecular weight is 406 g/mol. The lowest BCUT2D eigenvalue weighted by atomic mass is 10.0. The Morgan fingerprint density at radius 1 is 1.04 bits per heavy atom. The van der Waals surface area contributed by atoms with Crippen LogP contribution in [-0.2, 0) is 26.2 Å². The molecule has 2 aromatic carbocycles. The van der Waals surface area contributed by atoms with Gasteiger partial charge in [0.15, 0.2) is 0 Å². The molecule has 1 N–H and O–H groups in total. The molecule has 0 saturated heterocycles. The molecule has 0 atom stereocenters. The number of nitrogens with one attached hydrogen (secondary N) is 1. The van der Waals surface area contributed by atoms with Gasteiger partial charge in [-0.3, -0.25) is 4.79 Å². The van der Waals surface area contributed by atoms with Crippen molar-refractivity contribution >= 4 is 16.0 Å². The Kier molecular flexibility index (Phi) is 8.02. The average Bonchev–Trinajstić information content (AvgIpc) is 2.67. The molecule has 0 aliphatic rings. The molecular formula is C21H27NO5S. The molecule has 0 unspecified atom stereocenters. The van der Waals surface area contributed by atoms with Crippen molar-refractivity contribution < 1.29 is 22.7 Å².